The second-order valence-corrected chi connectivity index (χ2v) is 3.20. The van der Waals surface area contributed by atoms with Gasteiger partial charge < -0.3 is 4.90 Å². The smallest absolute Gasteiger partial charge is 0.0852 e. The molecule has 1 rings (SSSR count). The monoisotopic (exact) mass is 142 g/mol. The van der Waals surface area contributed by atoms with Crippen molar-refractivity contribution in [2.24, 2.45) is 11.1 Å². The molecule has 0 aromatic carbocycles. The molecule has 2 unspecified atom stereocenters. The van der Waals surface area contributed by atoms with Crippen LogP contribution in [0.2, 0.25) is 0 Å². The van der Waals surface area contributed by atoms with Crippen LogP contribution in [0.25, 0.3) is 0 Å². The Hall–Kier alpha value is -0.440. The Morgan fingerprint density at radius 3 is 2.80 bits per heavy atom. The molecule has 1 aliphatic heterocycles. The van der Waals surface area contributed by atoms with Gasteiger partial charge in [0, 0.05) is 12.6 Å². The lowest BCUT2D eigenvalue weighted by atomic mass is 10.1. The van der Waals surface area contributed by atoms with Gasteiger partial charge in [-0.2, -0.15) is 4.91 Å². The molecule has 0 spiro atoms. The molecule has 0 N–H and O–H groups in total. The van der Waals surface area contributed by atoms with Crippen molar-refractivity contribution in [3.8, 4) is 0 Å². The molecule has 1 heterocycles. The normalized spacial score (nSPS) is 34.6. The molecule has 0 amide bonds. The Morgan fingerprint density at radius 1 is 1.70 bits per heavy atom. The first-order valence-corrected chi connectivity index (χ1v) is 3.73. The predicted octanol–water partition coefficient (Wildman–Crippen LogP) is 1.09. The van der Waals surface area contributed by atoms with Gasteiger partial charge in [0.2, 0.25) is 0 Å². The summed E-state index contributed by atoms with van der Waals surface area (Å²) in [4.78, 5) is 12.2. The van der Waals surface area contributed by atoms with Crippen molar-refractivity contribution >= 4 is 0 Å². The zero-order chi connectivity index (χ0) is 7.56. The summed E-state index contributed by atoms with van der Waals surface area (Å²) in [6.07, 6.45) is 1.13. The van der Waals surface area contributed by atoms with Crippen molar-refractivity contribution in [2.75, 3.05) is 20.1 Å². The van der Waals surface area contributed by atoms with Crippen molar-refractivity contribution < 1.29 is 0 Å². The average Bonchev–Trinajstić information content (AvgIpc) is 2.14. The van der Waals surface area contributed by atoms with Crippen molar-refractivity contribution in [1.82, 2.24) is 4.90 Å². The standard InChI is InChI=1S/C7H14N2O/c1-6-3-7(4-8-10)5-9(6)2/h6-7H,3-5H2,1-2H3. The molecule has 0 bridgehead atoms. The van der Waals surface area contributed by atoms with Gasteiger partial charge in [-0.05, 0) is 26.3 Å². The van der Waals surface area contributed by atoms with Crippen LogP contribution in [0.4, 0.5) is 0 Å². The third-order valence-corrected chi connectivity index (χ3v) is 2.31. The number of nitroso groups, excluding NO2 is 1. The van der Waals surface area contributed by atoms with Gasteiger partial charge in [-0.25, -0.2) is 0 Å². The van der Waals surface area contributed by atoms with Crippen LogP contribution >= 0.6 is 0 Å². The third-order valence-electron chi connectivity index (χ3n) is 2.31. The first kappa shape index (κ1) is 7.66. The minimum absolute atomic E-state index is 0.495. The summed E-state index contributed by atoms with van der Waals surface area (Å²) in [5.74, 6) is 0.512. The zero-order valence-corrected chi connectivity index (χ0v) is 6.58. The van der Waals surface area contributed by atoms with Gasteiger partial charge >= 0.3 is 0 Å². The Bertz CT molecular complexity index is 117. The van der Waals surface area contributed by atoms with Crippen LogP contribution in [0.3, 0.4) is 0 Å². The summed E-state index contributed by atoms with van der Waals surface area (Å²) in [6.45, 7) is 3.71. The number of nitrogens with zero attached hydrogens (tertiary/aromatic N) is 2. The van der Waals surface area contributed by atoms with Gasteiger partial charge in [0.1, 0.15) is 0 Å². The highest BCUT2D eigenvalue weighted by Crippen LogP contribution is 2.20. The van der Waals surface area contributed by atoms with E-state index in [1.54, 1.807) is 0 Å². The van der Waals surface area contributed by atoms with Crippen molar-refractivity contribution in [3.63, 3.8) is 0 Å². The highest BCUT2D eigenvalue weighted by molar-refractivity contribution is 4.80. The lowest BCUT2D eigenvalue weighted by Gasteiger charge is -2.12. The van der Waals surface area contributed by atoms with Crippen molar-refractivity contribution in [3.05, 3.63) is 4.91 Å². The molecule has 2 atom stereocenters. The fraction of sp³-hybridized carbons (Fsp3) is 1.00. The number of rotatable bonds is 2. The molecule has 1 aliphatic rings. The summed E-state index contributed by atoms with van der Waals surface area (Å²) in [7, 11) is 2.09. The van der Waals surface area contributed by atoms with Crippen LogP contribution < -0.4 is 0 Å². The van der Waals surface area contributed by atoms with E-state index in [4.69, 9.17) is 0 Å². The summed E-state index contributed by atoms with van der Waals surface area (Å²) < 4.78 is 0. The first-order chi connectivity index (χ1) is 4.74. The van der Waals surface area contributed by atoms with Crippen LogP contribution in [-0.2, 0) is 0 Å². The zero-order valence-electron chi connectivity index (χ0n) is 6.58. The summed E-state index contributed by atoms with van der Waals surface area (Å²) in [5, 5.41) is 2.91. The second-order valence-electron chi connectivity index (χ2n) is 3.20. The van der Waals surface area contributed by atoms with Gasteiger partial charge in [-0.15, -0.1) is 0 Å². The Labute approximate surface area is 61.4 Å². The van der Waals surface area contributed by atoms with Crippen LogP contribution in [0.5, 0.6) is 0 Å². The quantitative estimate of drug-likeness (QED) is 0.541. The van der Waals surface area contributed by atoms with E-state index in [1.807, 2.05) is 0 Å². The Balaban J connectivity index is 2.33. The van der Waals surface area contributed by atoms with E-state index in [9.17, 15) is 4.91 Å². The van der Waals surface area contributed by atoms with E-state index in [1.165, 1.54) is 0 Å². The molecule has 0 radical (unpaired) electrons. The molecular formula is C7H14N2O. The van der Waals surface area contributed by atoms with Gasteiger partial charge in [-0.3, -0.25) is 0 Å². The maximum atomic E-state index is 9.91. The first-order valence-electron chi connectivity index (χ1n) is 3.73. The minimum Gasteiger partial charge on any atom is -0.303 e. The molecule has 1 fully saturated rings. The van der Waals surface area contributed by atoms with Gasteiger partial charge in [0.25, 0.3) is 0 Å². The summed E-state index contributed by atoms with van der Waals surface area (Å²) in [5.41, 5.74) is 0. The minimum atomic E-state index is 0.495. The van der Waals surface area contributed by atoms with E-state index in [-0.39, 0.29) is 0 Å². The molecule has 0 aromatic rings. The summed E-state index contributed by atoms with van der Waals surface area (Å²) in [6, 6.07) is 0.631. The van der Waals surface area contributed by atoms with Crippen LogP contribution in [0.15, 0.2) is 5.18 Å². The molecule has 58 valence electrons. The topological polar surface area (TPSA) is 32.7 Å². The molecule has 3 nitrogen and oxygen atoms in total. The Kier molecular flexibility index (Phi) is 2.38. The van der Waals surface area contributed by atoms with E-state index in [2.05, 4.69) is 24.0 Å². The lowest BCUT2D eigenvalue weighted by Crippen LogP contribution is -2.21. The second kappa shape index (κ2) is 3.10. The molecule has 0 aliphatic carbocycles. The summed E-state index contributed by atoms with van der Waals surface area (Å²) >= 11 is 0. The molecule has 1 saturated heterocycles. The fourth-order valence-electron chi connectivity index (χ4n) is 1.56. The molecular weight excluding hydrogens is 128 g/mol. The predicted molar refractivity (Wildman–Crippen MR) is 40.9 cm³/mol. The Morgan fingerprint density at radius 2 is 2.40 bits per heavy atom. The van der Waals surface area contributed by atoms with Gasteiger partial charge in [-0.1, -0.05) is 5.18 Å². The molecule has 10 heavy (non-hydrogen) atoms. The largest absolute Gasteiger partial charge is 0.303 e. The molecule has 0 aromatic heterocycles. The highest BCUT2D eigenvalue weighted by atomic mass is 16.3. The number of likely N-dealkylation sites (tertiary alicyclic amines) is 1. The van der Waals surface area contributed by atoms with E-state index in [0.717, 1.165) is 13.0 Å². The highest BCUT2D eigenvalue weighted by Gasteiger charge is 2.25. The van der Waals surface area contributed by atoms with E-state index < -0.39 is 0 Å². The maximum absolute atomic E-state index is 9.91. The van der Waals surface area contributed by atoms with Crippen molar-refractivity contribution in [1.29, 1.82) is 0 Å². The van der Waals surface area contributed by atoms with Crippen LogP contribution in [0.1, 0.15) is 13.3 Å². The van der Waals surface area contributed by atoms with Crippen LogP contribution in [-0.4, -0.2) is 31.1 Å². The number of hydrogen-bond acceptors (Lipinski definition) is 3. The third kappa shape index (κ3) is 1.53. The average molecular weight is 142 g/mol. The maximum Gasteiger partial charge on any atom is 0.0852 e. The van der Waals surface area contributed by atoms with Crippen molar-refractivity contribution in [2.45, 2.75) is 19.4 Å². The van der Waals surface area contributed by atoms with E-state index in [0.29, 0.717) is 18.5 Å². The SMILES string of the molecule is CC1CC(CN=O)CN1C. The lowest BCUT2D eigenvalue weighted by molar-refractivity contribution is 0.326. The molecule has 0 saturated carbocycles. The fourth-order valence-corrected chi connectivity index (χ4v) is 1.56. The van der Waals surface area contributed by atoms with E-state index >= 15 is 0 Å². The van der Waals surface area contributed by atoms with Gasteiger partial charge in [0.05, 0.1) is 6.54 Å². The van der Waals surface area contributed by atoms with Crippen LogP contribution in [0, 0.1) is 10.8 Å². The van der Waals surface area contributed by atoms with Gasteiger partial charge in [0.15, 0.2) is 0 Å². The number of hydrogen-bond donors (Lipinski definition) is 0. The molecule has 3 heteroatoms.